The summed E-state index contributed by atoms with van der Waals surface area (Å²) in [6.07, 6.45) is 5.26. The molecule has 1 heterocycles. The van der Waals surface area contributed by atoms with Gasteiger partial charge >= 0.3 is 0 Å². The van der Waals surface area contributed by atoms with Crippen molar-refractivity contribution in [1.82, 2.24) is 9.78 Å². The van der Waals surface area contributed by atoms with Crippen molar-refractivity contribution >= 4 is 23.5 Å². The van der Waals surface area contributed by atoms with Crippen LogP contribution in [-0.2, 0) is 0 Å². The molecule has 1 aromatic carbocycles. The topological polar surface area (TPSA) is 67.6 Å². The number of rotatable bonds is 3. The van der Waals surface area contributed by atoms with E-state index in [0.717, 1.165) is 11.3 Å². The van der Waals surface area contributed by atoms with Gasteiger partial charge in [0.1, 0.15) is 17.5 Å². The summed E-state index contributed by atoms with van der Waals surface area (Å²) in [6, 6.07) is 9.64. The molecule has 90 valence electrons. The van der Waals surface area contributed by atoms with Crippen LogP contribution in [0.2, 0.25) is 0 Å². The summed E-state index contributed by atoms with van der Waals surface area (Å²) >= 11 is 5.57. The Hall–Kier alpha value is -2.25. The third kappa shape index (κ3) is 2.36. The molecule has 0 unspecified atom stereocenters. The Morgan fingerprint density at radius 1 is 1.39 bits per heavy atom. The van der Waals surface area contributed by atoms with Crippen molar-refractivity contribution in [3.05, 3.63) is 47.7 Å². The molecule has 0 amide bonds. The number of aromatic nitrogens is 2. The molecule has 2 rings (SSSR count). The van der Waals surface area contributed by atoms with E-state index in [0.29, 0.717) is 17.3 Å². The normalized spacial score (nSPS) is 10.7. The SMILES string of the molecule is N#Cc1cnn(-c2ccc(C=CCCl)cc2)c1N. The van der Waals surface area contributed by atoms with Gasteiger partial charge in [-0.15, -0.1) is 11.6 Å². The molecule has 0 aliphatic carbocycles. The zero-order valence-corrected chi connectivity index (χ0v) is 10.3. The molecule has 0 saturated carbocycles. The Morgan fingerprint density at radius 2 is 2.11 bits per heavy atom. The summed E-state index contributed by atoms with van der Waals surface area (Å²) < 4.78 is 1.54. The Labute approximate surface area is 110 Å². The largest absolute Gasteiger partial charge is 0.382 e. The molecule has 0 aliphatic heterocycles. The van der Waals surface area contributed by atoms with Crippen molar-refractivity contribution in [1.29, 1.82) is 5.26 Å². The van der Waals surface area contributed by atoms with Crippen LogP contribution in [0.3, 0.4) is 0 Å². The van der Waals surface area contributed by atoms with Crippen LogP contribution < -0.4 is 5.73 Å². The fourth-order valence-corrected chi connectivity index (χ4v) is 1.65. The van der Waals surface area contributed by atoms with Crippen LogP contribution in [0.4, 0.5) is 5.82 Å². The highest BCUT2D eigenvalue weighted by molar-refractivity contribution is 6.19. The second-order valence-electron chi connectivity index (χ2n) is 3.62. The lowest BCUT2D eigenvalue weighted by Gasteiger charge is -2.04. The van der Waals surface area contributed by atoms with Crippen LogP contribution in [0.5, 0.6) is 0 Å². The van der Waals surface area contributed by atoms with Gasteiger partial charge in [-0.1, -0.05) is 24.3 Å². The van der Waals surface area contributed by atoms with Gasteiger partial charge in [0.15, 0.2) is 0 Å². The molecule has 4 nitrogen and oxygen atoms in total. The lowest BCUT2D eigenvalue weighted by atomic mass is 10.2. The molecule has 0 radical (unpaired) electrons. The predicted molar refractivity (Wildman–Crippen MR) is 72.4 cm³/mol. The third-order valence-corrected chi connectivity index (χ3v) is 2.64. The van der Waals surface area contributed by atoms with Crippen molar-refractivity contribution in [2.24, 2.45) is 0 Å². The third-order valence-electron chi connectivity index (χ3n) is 2.46. The fourth-order valence-electron chi connectivity index (χ4n) is 1.56. The zero-order chi connectivity index (χ0) is 13.0. The lowest BCUT2D eigenvalue weighted by Crippen LogP contribution is -2.02. The van der Waals surface area contributed by atoms with Gasteiger partial charge in [-0.05, 0) is 17.7 Å². The van der Waals surface area contributed by atoms with Gasteiger partial charge in [0, 0.05) is 5.88 Å². The highest BCUT2D eigenvalue weighted by atomic mass is 35.5. The number of nitrogens with zero attached hydrogens (tertiary/aromatic N) is 3. The maximum atomic E-state index is 8.81. The molecule has 2 aromatic rings. The number of alkyl halides is 1. The first kappa shape index (κ1) is 12.2. The molecule has 2 N–H and O–H groups in total. The van der Waals surface area contributed by atoms with E-state index in [1.165, 1.54) is 10.9 Å². The van der Waals surface area contributed by atoms with E-state index < -0.39 is 0 Å². The van der Waals surface area contributed by atoms with Crippen LogP contribution in [0.25, 0.3) is 11.8 Å². The van der Waals surface area contributed by atoms with E-state index in [-0.39, 0.29) is 0 Å². The van der Waals surface area contributed by atoms with Gasteiger partial charge in [-0.3, -0.25) is 0 Å². The first-order valence-corrected chi connectivity index (χ1v) is 5.86. The van der Waals surface area contributed by atoms with Crippen LogP contribution in [-0.4, -0.2) is 15.7 Å². The minimum Gasteiger partial charge on any atom is -0.382 e. The quantitative estimate of drug-likeness (QED) is 0.861. The van der Waals surface area contributed by atoms with Crippen molar-refractivity contribution < 1.29 is 0 Å². The number of hydrogen-bond acceptors (Lipinski definition) is 3. The smallest absolute Gasteiger partial charge is 0.145 e. The van der Waals surface area contributed by atoms with Crippen LogP contribution in [0.1, 0.15) is 11.1 Å². The first-order valence-electron chi connectivity index (χ1n) is 5.33. The summed E-state index contributed by atoms with van der Waals surface area (Å²) in [7, 11) is 0. The number of anilines is 1. The summed E-state index contributed by atoms with van der Waals surface area (Å²) in [6.45, 7) is 0. The molecular formula is C13H11ClN4. The van der Waals surface area contributed by atoms with E-state index in [1.807, 2.05) is 42.5 Å². The number of halogens is 1. The molecule has 0 spiro atoms. The molecule has 0 fully saturated rings. The zero-order valence-electron chi connectivity index (χ0n) is 9.55. The first-order chi connectivity index (χ1) is 8.76. The lowest BCUT2D eigenvalue weighted by molar-refractivity contribution is 0.891. The summed E-state index contributed by atoms with van der Waals surface area (Å²) in [4.78, 5) is 0. The van der Waals surface area contributed by atoms with E-state index >= 15 is 0 Å². The van der Waals surface area contributed by atoms with E-state index in [9.17, 15) is 0 Å². The highest BCUT2D eigenvalue weighted by Gasteiger charge is 2.07. The molecule has 0 saturated heterocycles. The molecule has 1 aromatic heterocycles. The monoisotopic (exact) mass is 258 g/mol. The second-order valence-corrected chi connectivity index (χ2v) is 3.92. The second kappa shape index (κ2) is 5.39. The van der Waals surface area contributed by atoms with Gasteiger partial charge < -0.3 is 5.73 Å². The van der Waals surface area contributed by atoms with Crippen molar-refractivity contribution in [2.45, 2.75) is 0 Å². The van der Waals surface area contributed by atoms with Crippen molar-refractivity contribution in [3.63, 3.8) is 0 Å². The number of allylic oxidation sites excluding steroid dienone is 1. The summed E-state index contributed by atoms with van der Waals surface area (Å²) in [5.41, 5.74) is 8.05. The standard InChI is InChI=1S/C13H11ClN4/c14-7-1-2-10-3-5-12(6-4-10)18-13(16)11(8-15)9-17-18/h1-6,9H,7,16H2. The van der Waals surface area contributed by atoms with Crippen LogP contribution in [0, 0.1) is 11.3 Å². The maximum absolute atomic E-state index is 8.81. The Bertz CT molecular complexity index is 605. The predicted octanol–water partition coefficient (Wildman–Crippen LogP) is 2.58. The minimum absolute atomic E-state index is 0.349. The van der Waals surface area contributed by atoms with E-state index in [4.69, 9.17) is 22.6 Å². The number of nitriles is 1. The molecule has 0 atom stereocenters. The van der Waals surface area contributed by atoms with Crippen molar-refractivity contribution in [3.8, 4) is 11.8 Å². The van der Waals surface area contributed by atoms with E-state index in [2.05, 4.69) is 5.10 Å². The average molecular weight is 259 g/mol. The van der Waals surface area contributed by atoms with Crippen LogP contribution >= 0.6 is 11.6 Å². The number of nitrogens with two attached hydrogens (primary N) is 1. The Kier molecular flexibility index (Phi) is 3.66. The average Bonchev–Trinajstić information content (AvgIpc) is 2.78. The number of hydrogen-bond donors (Lipinski definition) is 1. The summed E-state index contributed by atoms with van der Waals surface area (Å²) in [5.74, 6) is 0.834. The van der Waals surface area contributed by atoms with Crippen molar-refractivity contribution in [2.75, 3.05) is 11.6 Å². The van der Waals surface area contributed by atoms with Gasteiger partial charge in [0.25, 0.3) is 0 Å². The molecule has 0 bridgehead atoms. The highest BCUT2D eigenvalue weighted by Crippen LogP contribution is 2.17. The van der Waals surface area contributed by atoms with E-state index in [1.54, 1.807) is 0 Å². The number of nitrogen functional groups attached to an aromatic ring is 1. The van der Waals surface area contributed by atoms with Crippen LogP contribution in [0.15, 0.2) is 36.5 Å². The Morgan fingerprint density at radius 3 is 2.67 bits per heavy atom. The number of benzene rings is 1. The van der Waals surface area contributed by atoms with Gasteiger partial charge in [0.2, 0.25) is 0 Å². The molecule has 5 heteroatoms. The van der Waals surface area contributed by atoms with Gasteiger partial charge in [-0.25, -0.2) is 4.68 Å². The molecule has 18 heavy (non-hydrogen) atoms. The minimum atomic E-state index is 0.349. The van der Waals surface area contributed by atoms with Gasteiger partial charge in [0.05, 0.1) is 11.9 Å². The Balaban J connectivity index is 2.32. The fraction of sp³-hybridized carbons (Fsp3) is 0.0769. The summed E-state index contributed by atoms with van der Waals surface area (Å²) in [5, 5.41) is 12.9. The van der Waals surface area contributed by atoms with Gasteiger partial charge in [-0.2, -0.15) is 10.4 Å². The molecule has 0 aliphatic rings. The maximum Gasteiger partial charge on any atom is 0.145 e. The molecular weight excluding hydrogens is 248 g/mol.